The Balaban J connectivity index is 1.45. The topological polar surface area (TPSA) is 74.5 Å². The molecule has 24 heavy (non-hydrogen) atoms. The van der Waals surface area contributed by atoms with E-state index in [1.165, 1.54) is 0 Å². The van der Waals surface area contributed by atoms with Gasteiger partial charge in [-0.2, -0.15) is 4.98 Å². The molecule has 0 bridgehead atoms. The Hall–Kier alpha value is -1.77. The second kappa shape index (κ2) is 8.36. The first-order valence-corrected chi connectivity index (χ1v) is 9.15. The van der Waals surface area contributed by atoms with Crippen molar-refractivity contribution in [1.82, 2.24) is 25.3 Å². The molecule has 0 saturated carbocycles. The smallest absolute Gasteiger partial charge is 0.241 e. The summed E-state index contributed by atoms with van der Waals surface area (Å²) in [5.41, 5.74) is 0. The van der Waals surface area contributed by atoms with Gasteiger partial charge in [0.2, 0.25) is 17.6 Å². The fourth-order valence-electron chi connectivity index (χ4n) is 2.75. The summed E-state index contributed by atoms with van der Waals surface area (Å²) in [7, 11) is 1.91. The summed E-state index contributed by atoms with van der Waals surface area (Å²) in [6, 6.07) is 3.96. The second-order valence-electron chi connectivity index (χ2n) is 5.85. The highest BCUT2D eigenvalue weighted by atomic mass is 32.1. The van der Waals surface area contributed by atoms with Gasteiger partial charge in [0.05, 0.1) is 11.4 Å². The van der Waals surface area contributed by atoms with Crippen LogP contribution in [0.25, 0.3) is 10.7 Å². The summed E-state index contributed by atoms with van der Waals surface area (Å²) in [6.45, 7) is 4.74. The minimum absolute atomic E-state index is 0.252. The zero-order chi connectivity index (χ0) is 16.8. The number of nitrogens with one attached hydrogen (secondary N) is 1. The van der Waals surface area contributed by atoms with Crippen LogP contribution in [-0.2, 0) is 11.3 Å². The lowest BCUT2D eigenvalue weighted by Crippen LogP contribution is -2.48. The lowest BCUT2D eigenvalue weighted by molar-refractivity contribution is -0.133. The van der Waals surface area contributed by atoms with Gasteiger partial charge in [-0.05, 0) is 31.5 Å². The van der Waals surface area contributed by atoms with E-state index in [1.54, 1.807) is 11.3 Å². The number of hydrogen-bond acceptors (Lipinski definition) is 7. The van der Waals surface area contributed by atoms with Gasteiger partial charge in [0, 0.05) is 32.6 Å². The van der Waals surface area contributed by atoms with Gasteiger partial charge in [-0.15, -0.1) is 11.3 Å². The van der Waals surface area contributed by atoms with E-state index in [4.69, 9.17) is 4.52 Å². The summed E-state index contributed by atoms with van der Waals surface area (Å²) in [5, 5.41) is 9.11. The van der Waals surface area contributed by atoms with Gasteiger partial charge in [0.25, 0.3) is 0 Å². The average molecular weight is 349 g/mol. The molecule has 130 valence electrons. The highest BCUT2D eigenvalue weighted by Crippen LogP contribution is 2.21. The van der Waals surface area contributed by atoms with Crippen molar-refractivity contribution in [3.8, 4) is 10.7 Å². The van der Waals surface area contributed by atoms with E-state index >= 15 is 0 Å². The lowest BCUT2D eigenvalue weighted by atomic mass is 10.2. The molecule has 1 aliphatic heterocycles. The maximum Gasteiger partial charge on any atom is 0.241 e. The molecule has 2 aromatic rings. The third kappa shape index (κ3) is 4.40. The van der Waals surface area contributed by atoms with Crippen LogP contribution in [0.1, 0.15) is 18.7 Å². The zero-order valence-corrected chi connectivity index (χ0v) is 14.7. The number of carbonyl (C=O) groups is 1. The van der Waals surface area contributed by atoms with Gasteiger partial charge in [-0.1, -0.05) is 11.2 Å². The lowest BCUT2D eigenvalue weighted by Gasteiger charge is -2.34. The Kier molecular flexibility index (Phi) is 5.95. The van der Waals surface area contributed by atoms with Crippen LogP contribution in [0.2, 0.25) is 0 Å². The molecule has 0 spiro atoms. The second-order valence-corrected chi connectivity index (χ2v) is 6.80. The first-order chi connectivity index (χ1) is 11.8. The molecular weight excluding hydrogens is 326 g/mol. The van der Waals surface area contributed by atoms with Gasteiger partial charge in [-0.25, -0.2) is 0 Å². The Labute approximate surface area is 145 Å². The first-order valence-electron chi connectivity index (χ1n) is 8.27. The molecule has 2 aromatic heterocycles. The number of carbonyl (C=O) groups excluding carboxylic acids is 1. The molecule has 8 heteroatoms. The number of rotatable bonds is 7. The molecule has 7 nitrogen and oxygen atoms in total. The number of aromatic nitrogens is 2. The standard InChI is InChI=1S/C16H23N5O2S/c1-17-6-2-5-15(22)21-9-7-20(8-10-21)12-14-18-16(19-23-14)13-4-3-11-24-13/h3-4,11,17H,2,5-10,12H2,1H3. The summed E-state index contributed by atoms with van der Waals surface area (Å²) in [6.07, 6.45) is 1.51. The van der Waals surface area contributed by atoms with Crippen LogP contribution < -0.4 is 5.32 Å². The van der Waals surface area contributed by atoms with Gasteiger partial charge >= 0.3 is 0 Å². The first kappa shape index (κ1) is 17.1. The number of hydrogen-bond donors (Lipinski definition) is 1. The molecule has 0 unspecified atom stereocenters. The molecule has 1 amide bonds. The molecule has 0 atom stereocenters. The molecule has 0 aliphatic carbocycles. The molecule has 1 aliphatic rings. The number of nitrogens with zero attached hydrogens (tertiary/aromatic N) is 4. The summed E-state index contributed by atoms with van der Waals surface area (Å²) < 4.78 is 5.35. The Morgan fingerprint density at radius 2 is 2.21 bits per heavy atom. The van der Waals surface area contributed by atoms with Crippen molar-refractivity contribution in [2.45, 2.75) is 19.4 Å². The van der Waals surface area contributed by atoms with E-state index in [0.29, 0.717) is 24.7 Å². The monoisotopic (exact) mass is 349 g/mol. The minimum Gasteiger partial charge on any atom is -0.340 e. The zero-order valence-electron chi connectivity index (χ0n) is 13.9. The van der Waals surface area contributed by atoms with Crippen LogP contribution in [0, 0.1) is 0 Å². The number of thiophene rings is 1. The molecule has 0 radical (unpaired) electrons. The van der Waals surface area contributed by atoms with Crippen molar-refractivity contribution in [1.29, 1.82) is 0 Å². The fraction of sp³-hybridized carbons (Fsp3) is 0.562. The third-order valence-corrected chi connectivity index (χ3v) is 4.98. The minimum atomic E-state index is 0.252. The third-order valence-electron chi connectivity index (χ3n) is 4.11. The summed E-state index contributed by atoms with van der Waals surface area (Å²) in [5.74, 6) is 1.54. The SMILES string of the molecule is CNCCCC(=O)N1CCN(Cc2nc(-c3cccs3)no2)CC1. The predicted octanol–water partition coefficient (Wildman–Crippen LogP) is 1.44. The highest BCUT2D eigenvalue weighted by molar-refractivity contribution is 7.13. The van der Waals surface area contributed by atoms with Crippen molar-refractivity contribution in [2.75, 3.05) is 39.8 Å². The molecule has 0 aromatic carbocycles. The van der Waals surface area contributed by atoms with Gasteiger partial charge < -0.3 is 14.7 Å². The van der Waals surface area contributed by atoms with Crippen LogP contribution in [-0.4, -0.2) is 65.6 Å². The average Bonchev–Trinajstić information content (AvgIpc) is 3.27. The number of amides is 1. The van der Waals surface area contributed by atoms with Crippen LogP contribution in [0.5, 0.6) is 0 Å². The van der Waals surface area contributed by atoms with E-state index in [1.807, 2.05) is 29.5 Å². The normalized spacial score (nSPS) is 15.8. The highest BCUT2D eigenvalue weighted by Gasteiger charge is 2.22. The fourth-order valence-corrected chi connectivity index (χ4v) is 3.40. The van der Waals surface area contributed by atoms with Crippen LogP contribution >= 0.6 is 11.3 Å². The van der Waals surface area contributed by atoms with Crippen LogP contribution in [0.4, 0.5) is 0 Å². The van der Waals surface area contributed by atoms with E-state index < -0.39 is 0 Å². The molecule has 3 heterocycles. The molecule has 1 N–H and O–H groups in total. The van der Waals surface area contributed by atoms with Crippen molar-refractivity contribution in [2.24, 2.45) is 0 Å². The molecule has 1 saturated heterocycles. The predicted molar refractivity (Wildman–Crippen MR) is 92.6 cm³/mol. The Bertz CT molecular complexity index is 635. The van der Waals surface area contributed by atoms with Crippen molar-refractivity contribution < 1.29 is 9.32 Å². The van der Waals surface area contributed by atoms with E-state index in [-0.39, 0.29) is 5.91 Å². The molecule has 3 rings (SSSR count). The molecular formula is C16H23N5O2S. The Morgan fingerprint density at radius 1 is 1.38 bits per heavy atom. The maximum absolute atomic E-state index is 12.1. The van der Waals surface area contributed by atoms with Crippen LogP contribution in [0.3, 0.4) is 0 Å². The van der Waals surface area contributed by atoms with E-state index in [0.717, 1.165) is 44.0 Å². The van der Waals surface area contributed by atoms with Gasteiger partial charge in [-0.3, -0.25) is 9.69 Å². The van der Waals surface area contributed by atoms with Crippen LogP contribution in [0.15, 0.2) is 22.0 Å². The van der Waals surface area contributed by atoms with Crippen molar-refractivity contribution >= 4 is 17.2 Å². The maximum atomic E-state index is 12.1. The summed E-state index contributed by atoms with van der Waals surface area (Å²) >= 11 is 1.60. The largest absolute Gasteiger partial charge is 0.340 e. The van der Waals surface area contributed by atoms with Crippen molar-refractivity contribution in [3.05, 3.63) is 23.4 Å². The molecule has 1 fully saturated rings. The quantitative estimate of drug-likeness (QED) is 0.763. The van der Waals surface area contributed by atoms with Gasteiger partial charge in [0.1, 0.15) is 0 Å². The van der Waals surface area contributed by atoms with Gasteiger partial charge in [0.15, 0.2) is 0 Å². The van der Waals surface area contributed by atoms with E-state index in [2.05, 4.69) is 20.4 Å². The van der Waals surface area contributed by atoms with Crippen molar-refractivity contribution in [3.63, 3.8) is 0 Å². The Morgan fingerprint density at radius 3 is 2.92 bits per heavy atom. The number of piperazine rings is 1. The summed E-state index contributed by atoms with van der Waals surface area (Å²) in [4.78, 5) is 21.8. The van der Waals surface area contributed by atoms with E-state index in [9.17, 15) is 4.79 Å².